The van der Waals surface area contributed by atoms with Gasteiger partial charge in [0.2, 0.25) is 5.91 Å². The van der Waals surface area contributed by atoms with Gasteiger partial charge in [0.25, 0.3) is 0 Å². The highest BCUT2D eigenvalue weighted by Crippen LogP contribution is 2.25. The first-order valence-electron chi connectivity index (χ1n) is 4.44. The zero-order chi connectivity index (χ0) is 10.1. The van der Waals surface area contributed by atoms with Crippen LogP contribution in [0.15, 0.2) is 18.2 Å². The Hall–Kier alpha value is -0.650. The Morgan fingerprint density at radius 3 is 2.79 bits per heavy atom. The summed E-state index contributed by atoms with van der Waals surface area (Å²) in [6.07, 6.45) is 1.36. The lowest BCUT2D eigenvalue weighted by Gasteiger charge is -2.16. The highest BCUT2D eigenvalue weighted by molar-refractivity contribution is 14.1. The van der Waals surface area contributed by atoms with E-state index in [2.05, 4.69) is 0 Å². The van der Waals surface area contributed by atoms with E-state index in [9.17, 15) is 9.18 Å². The minimum atomic E-state index is -0.313. The molecule has 1 heterocycles. The number of amides is 1. The molecule has 1 saturated heterocycles. The van der Waals surface area contributed by atoms with E-state index in [1.165, 1.54) is 11.0 Å². The molecule has 1 amide bonds. The summed E-state index contributed by atoms with van der Waals surface area (Å²) in [6.45, 7) is 0.635. The van der Waals surface area contributed by atoms with E-state index in [1.54, 1.807) is 6.07 Å². The third kappa shape index (κ3) is 1.75. The number of nitrogens with zero attached hydrogens (tertiary/aromatic N) is 1. The fourth-order valence-electron chi connectivity index (χ4n) is 1.60. The largest absolute Gasteiger partial charge is 0.310 e. The molecular formula is C10H9FINO. The molecule has 0 unspecified atom stereocenters. The third-order valence-electron chi connectivity index (χ3n) is 2.27. The van der Waals surface area contributed by atoms with Crippen molar-refractivity contribution >= 4 is 34.2 Å². The molecule has 1 aliphatic heterocycles. The van der Waals surface area contributed by atoms with Crippen molar-refractivity contribution in [3.8, 4) is 0 Å². The number of hydrogen-bond donors (Lipinski definition) is 0. The number of hydrogen-bond acceptors (Lipinski definition) is 1. The van der Waals surface area contributed by atoms with Crippen LogP contribution in [-0.4, -0.2) is 12.5 Å². The van der Waals surface area contributed by atoms with Crippen LogP contribution in [0.4, 0.5) is 10.1 Å². The second-order valence-corrected chi connectivity index (χ2v) is 4.49. The van der Waals surface area contributed by atoms with Crippen molar-refractivity contribution in [3.05, 3.63) is 27.6 Å². The summed E-state index contributed by atoms with van der Waals surface area (Å²) < 4.78 is 14.3. The molecule has 0 bridgehead atoms. The van der Waals surface area contributed by atoms with Crippen molar-refractivity contribution in [2.45, 2.75) is 12.8 Å². The summed E-state index contributed by atoms with van der Waals surface area (Å²) in [7, 11) is 0. The normalized spacial score (nSPS) is 16.4. The van der Waals surface area contributed by atoms with Gasteiger partial charge in [-0.25, -0.2) is 4.39 Å². The van der Waals surface area contributed by atoms with Gasteiger partial charge in [0.15, 0.2) is 0 Å². The van der Waals surface area contributed by atoms with E-state index in [0.717, 1.165) is 9.99 Å². The monoisotopic (exact) mass is 305 g/mol. The molecule has 0 spiro atoms. The first-order chi connectivity index (χ1) is 6.68. The average Bonchev–Trinajstić information content (AvgIpc) is 2.52. The second-order valence-electron chi connectivity index (χ2n) is 3.24. The molecule has 0 saturated carbocycles. The van der Waals surface area contributed by atoms with Crippen LogP contribution in [0.2, 0.25) is 0 Å². The van der Waals surface area contributed by atoms with Crippen LogP contribution >= 0.6 is 22.6 Å². The van der Waals surface area contributed by atoms with Gasteiger partial charge in [-0.15, -0.1) is 0 Å². The third-order valence-corrected chi connectivity index (χ3v) is 2.94. The molecule has 1 fully saturated rings. The highest BCUT2D eigenvalue weighted by Gasteiger charge is 2.23. The lowest BCUT2D eigenvalue weighted by molar-refractivity contribution is -0.117. The highest BCUT2D eigenvalue weighted by atomic mass is 127. The van der Waals surface area contributed by atoms with E-state index in [4.69, 9.17) is 0 Å². The van der Waals surface area contributed by atoms with Gasteiger partial charge in [-0.05, 0) is 47.2 Å². The van der Waals surface area contributed by atoms with Crippen LogP contribution in [0.1, 0.15) is 12.8 Å². The number of carbonyl (C=O) groups is 1. The predicted molar refractivity (Wildman–Crippen MR) is 60.7 cm³/mol. The molecule has 14 heavy (non-hydrogen) atoms. The molecule has 0 atom stereocenters. The Morgan fingerprint density at radius 1 is 1.43 bits per heavy atom. The lowest BCUT2D eigenvalue weighted by Crippen LogP contribution is -2.24. The number of anilines is 1. The summed E-state index contributed by atoms with van der Waals surface area (Å²) in [4.78, 5) is 12.9. The minimum Gasteiger partial charge on any atom is -0.310 e. The van der Waals surface area contributed by atoms with Gasteiger partial charge in [0, 0.05) is 16.5 Å². The topological polar surface area (TPSA) is 20.3 Å². The van der Waals surface area contributed by atoms with Crippen molar-refractivity contribution in [3.63, 3.8) is 0 Å². The maximum Gasteiger partial charge on any atom is 0.227 e. The molecule has 2 rings (SSSR count). The Morgan fingerprint density at radius 2 is 2.21 bits per heavy atom. The standard InChI is InChI=1S/C10H9FINO/c11-8-6-7(12)3-4-9(8)13-5-1-2-10(13)14/h3-4,6H,1-2,5H2. The van der Waals surface area contributed by atoms with Gasteiger partial charge in [-0.1, -0.05) is 0 Å². The van der Waals surface area contributed by atoms with Crippen molar-refractivity contribution < 1.29 is 9.18 Å². The lowest BCUT2D eigenvalue weighted by atomic mass is 10.3. The molecule has 1 aromatic rings. The van der Waals surface area contributed by atoms with Crippen LogP contribution in [-0.2, 0) is 4.79 Å². The number of halogens is 2. The quantitative estimate of drug-likeness (QED) is 0.730. The van der Waals surface area contributed by atoms with Crippen LogP contribution in [0, 0.1) is 9.39 Å². The minimum absolute atomic E-state index is 0.0186. The van der Waals surface area contributed by atoms with Gasteiger partial charge in [0.1, 0.15) is 5.82 Å². The molecule has 1 aromatic carbocycles. The van der Waals surface area contributed by atoms with Gasteiger partial charge in [0.05, 0.1) is 5.69 Å². The number of carbonyl (C=O) groups excluding carboxylic acids is 1. The first kappa shape index (κ1) is 9.89. The smallest absolute Gasteiger partial charge is 0.227 e. The molecule has 1 aliphatic rings. The Balaban J connectivity index is 2.36. The maximum atomic E-state index is 13.5. The van der Waals surface area contributed by atoms with E-state index in [0.29, 0.717) is 18.7 Å². The Kier molecular flexibility index (Phi) is 2.71. The molecule has 0 aromatic heterocycles. The summed E-state index contributed by atoms with van der Waals surface area (Å²) in [6, 6.07) is 4.92. The van der Waals surface area contributed by atoms with Crippen LogP contribution in [0.3, 0.4) is 0 Å². The van der Waals surface area contributed by atoms with Crippen molar-refractivity contribution in [2.24, 2.45) is 0 Å². The molecule has 0 N–H and O–H groups in total. The zero-order valence-electron chi connectivity index (χ0n) is 7.46. The van der Waals surface area contributed by atoms with Crippen molar-refractivity contribution in [1.82, 2.24) is 0 Å². The van der Waals surface area contributed by atoms with Crippen LogP contribution in [0.5, 0.6) is 0 Å². The Bertz CT molecular complexity index is 380. The molecule has 2 nitrogen and oxygen atoms in total. The molecule has 4 heteroatoms. The Labute approximate surface area is 95.2 Å². The van der Waals surface area contributed by atoms with Crippen LogP contribution < -0.4 is 4.90 Å². The van der Waals surface area contributed by atoms with Crippen molar-refractivity contribution in [2.75, 3.05) is 11.4 Å². The average molecular weight is 305 g/mol. The molecular weight excluding hydrogens is 296 g/mol. The SMILES string of the molecule is O=C1CCCN1c1ccc(I)cc1F. The fraction of sp³-hybridized carbons (Fsp3) is 0.300. The van der Waals surface area contributed by atoms with E-state index >= 15 is 0 Å². The number of benzene rings is 1. The number of rotatable bonds is 1. The fourth-order valence-corrected chi connectivity index (χ4v) is 2.06. The van der Waals surface area contributed by atoms with E-state index in [-0.39, 0.29) is 11.7 Å². The molecule has 74 valence electrons. The first-order valence-corrected chi connectivity index (χ1v) is 5.52. The van der Waals surface area contributed by atoms with E-state index < -0.39 is 0 Å². The van der Waals surface area contributed by atoms with E-state index in [1.807, 2.05) is 28.7 Å². The van der Waals surface area contributed by atoms with Gasteiger partial charge >= 0.3 is 0 Å². The zero-order valence-corrected chi connectivity index (χ0v) is 9.62. The van der Waals surface area contributed by atoms with Gasteiger partial charge in [-0.2, -0.15) is 0 Å². The summed E-state index contributed by atoms with van der Waals surface area (Å²) in [5.74, 6) is -0.294. The maximum absolute atomic E-state index is 13.5. The molecule has 0 aliphatic carbocycles. The van der Waals surface area contributed by atoms with Gasteiger partial charge in [-0.3, -0.25) is 4.79 Å². The van der Waals surface area contributed by atoms with Crippen molar-refractivity contribution in [1.29, 1.82) is 0 Å². The van der Waals surface area contributed by atoms with Gasteiger partial charge < -0.3 is 4.90 Å². The molecule has 0 radical (unpaired) electrons. The summed E-state index contributed by atoms with van der Waals surface area (Å²) >= 11 is 2.05. The summed E-state index contributed by atoms with van der Waals surface area (Å²) in [5.41, 5.74) is 0.410. The van der Waals surface area contributed by atoms with Crippen LogP contribution in [0.25, 0.3) is 0 Å². The predicted octanol–water partition coefficient (Wildman–Crippen LogP) is 2.56. The second kappa shape index (κ2) is 3.84. The summed E-state index contributed by atoms with van der Waals surface area (Å²) in [5, 5.41) is 0.